The van der Waals surface area contributed by atoms with Gasteiger partial charge in [-0.3, -0.25) is 5.32 Å². The Hall–Kier alpha value is -1.74. The number of aliphatic hydroxyl groups excluding tert-OH is 1. The normalized spacial score (nSPS) is 11.8. The summed E-state index contributed by atoms with van der Waals surface area (Å²) < 4.78 is 0. The molecule has 0 aliphatic heterocycles. The molecule has 1 rings (SSSR count). The summed E-state index contributed by atoms with van der Waals surface area (Å²) in [6, 6.07) is -1.82. The molecule has 2 amide bonds. The third-order valence-electron chi connectivity index (χ3n) is 1.60. The third-order valence-corrected chi connectivity index (χ3v) is 2.21. The van der Waals surface area contributed by atoms with E-state index in [1.165, 1.54) is 5.51 Å². The van der Waals surface area contributed by atoms with Gasteiger partial charge in [0.1, 0.15) is 11.6 Å². The highest BCUT2D eigenvalue weighted by Gasteiger charge is 2.19. The molecule has 1 aromatic rings. The molecule has 1 atom stereocenters. The molecule has 1 aromatic heterocycles. The molecular weight excluding hydrogens is 236 g/mol. The van der Waals surface area contributed by atoms with Gasteiger partial charge in [0, 0.05) is 13.0 Å². The maximum absolute atomic E-state index is 11.3. The maximum atomic E-state index is 11.3. The SMILES string of the molecule is O=C(Nc1nncs1)N[C@H](CCO)C(=O)O. The Bertz CT molecular complexity index is 355. The summed E-state index contributed by atoms with van der Waals surface area (Å²) in [5.74, 6) is -1.21. The van der Waals surface area contributed by atoms with Crippen molar-refractivity contribution in [3.05, 3.63) is 5.51 Å². The highest BCUT2D eigenvalue weighted by molar-refractivity contribution is 7.13. The number of carboxylic acids is 1. The number of hydrogen-bond donors (Lipinski definition) is 4. The molecule has 0 spiro atoms. The topological polar surface area (TPSA) is 124 Å². The second kappa shape index (κ2) is 5.98. The van der Waals surface area contributed by atoms with Crippen molar-refractivity contribution in [2.75, 3.05) is 11.9 Å². The van der Waals surface area contributed by atoms with Crippen molar-refractivity contribution in [3.63, 3.8) is 0 Å². The summed E-state index contributed by atoms with van der Waals surface area (Å²) in [4.78, 5) is 21.9. The van der Waals surface area contributed by atoms with E-state index in [-0.39, 0.29) is 18.2 Å². The standard InChI is InChI=1S/C7H10N4O4S/c12-2-1-4(5(13)14)9-6(15)10-7-11-8-3-16-7/h3-4,12H,1-2H2,(H,13,14)(H2,9,10,11,15)/t4-/m1/s1. The molecule has 0 unspecified atom stereocenters. The van der Waals surface area contributed by atoms with Crippen LogP contribution < -0.4 is 10.6 Å². The first-order valence-electron chi connectivity index (χ1n) is 4.31. The number of nitrogens with zero attached hydrogens (tertiary/aromatic N) is 2. The number of amides is 2. The lowest BCUT2D eigenvalue weighted by atomic mass is 10.2. The second-order valence-electron chi connectivity index (χ2n) is 2.75. The fourth-order valence-electron chi connectivity index (χ4n) is 0.905. The summed E-state index contributed by atoms with van der Waals surface area (Å²) in [6.45, 7) is -0.323. The number of carboxylic acid groups (broad SMARTS) is 1. The fourth-order valence-corrected chi connectivity index (χ4v) is 1.35. The van der Waals surface area contributed by atoms with Crippen LogP contribution in [0.3, 0.4) is 0 Å². The first kappa shape index (κ1) is 12.3. The van der Waals surface area contributed by atoms with Gasteiger partial charge >= 0.3 is 12.0 Å². The molecule has 8 nitrogen and oxygen atoms in total. The van der Waals surface area contributed by atoms with Gasteiger partial charge in [-0.2, -0.15) is 0 Å². The van der Waals surface area contributed by atoms with Crippen LogP contribution in [0.15, 0.2) is 5.51 Å². The molecule has 16 heavy (non-hydrogen) atoms. The minimum atomic E-state index is -1.21. The van der Waals surface area contributed by atoms with Crippen molar-refractivity contribution in [2.45, 2.75) is 12.5 Å². The molecule has 1 heterocycles. The van der Waals surface area contributed by atoms with Gasteiger partial charge < -0.3 is 15.5 Å². The lowest BCUT2D eigenvalue weighted by Gasteiger charge is -2.12. The summed E-state index contributed by atoms with van der Waals surface area (Å²) in [7, 11) is 0. The summed E-state index contributed by atoms with van der Waals surface area (Å²) in [5.41, 5.74) is 1.43. The number of urea groups is 1. The second-order valence-corrected chi connectivity index (χ2v) is 3.58. The number of hydrogen-bond acceptors (Lipinski definition) is 6. The fraction of sp³-hybridized carbons (Fsp3) is 0.429. The number of aliphatic carboxylic acids is 1. The predicted molar refractivity (Wildman–Crippen MR) is 55.2 cm³/mol. The molecule has 9 heteroatoms. The number of aliphatic hydroxyl groups is 1. The van der Waals surface area contributed by atoms with Crippen molar-refractivity contribution >= 4 is 28.5 Å². The first-order valence-corrected chi connectivity index (χ1v) is 5.18. The Morgan fingerprint density at radius 2 is 2.31 bits per heavy atom. The molecule has 0 bridgehead atoms. The summed E-state index contributed by atoms with van der Waals surface area (Å²) >= 11 is 1.11. The van der Waals surface area contributed by atoms with Crippen molar-refractivity contribution in [3.8, 4) is 0 Å². The molecule has 0 saturated heterocycles. The van der Waals surface area contributed by atoms with Gasteiger partial charge in [-0.25, -0.2) is 9.59 Å². The molecule has 0 aliphatic carbocycles. The van der Waals surface area contributed by atoms with Crippen LogP contribution >= 0.6 is 11.3 Å². The van der Waals surface area contributed by atoms with Gasteiger partial charge in [0.2, 0.25) is 5.13 Å². The number of anilines is 1. The number of aromatic nitrogens is 2. The van der Waals surface area contributed by atoms with Gasteiger partial charge in [0.15, 0.2) is 0 Å². The average Bonchev–Trinajstić information content (AvgIpc) is 2.69. The number of carbonyl (C=O) groups excluding carboxylic acids is 1. The van der Waals surface area contributed by atoms with E-state index < -0.39 is 18.0 Å². The summed E-state index contributed by atoms with van der Waals surface area (Å²) in [5, 5.41) is 29.1. The van der Waals surface area contributed by atoms with Gasteiger partial charge in [-0.1, -0.05) is 11.3 Å². The van der Waals surface area contributed by atoms with Gasteiger partial charge in [-0.15, -0.1) is 10.2 Å². The third kappa shape index (κ3) is 3.79. The van der Waals surface area contributed by atoms with E-state index in [9.17, 15) is 9.59 Å². The number of rotatable bonds is 5. The van der Waals surface area contributed by atoms with Crippen LogP contribution in [0.1, 0.15) is 6.42 Å². The number of carbonyl (C=O) groups is 2. The molecular formula is C7H10N4O4S. The molecule has 0 aliphatic rings. The molecule has 0 aromatic carbocycles. The zero-order valence-corrected chi connectivity index (χ0v) is 8.90. The highest BCUT2D eigenvalue weighted by atomic mass is 32.1. The van der Waals surface area contributed by atoms with Crippen molar-refractivity contribution in [1.82, 2.24) is 15.5 Å². The zero-order valence-electron chi connectivity index (χ0n) is 8.08. The van der Waals surface area contributed by atoms with Gasteiger partial charge in [0.05, 0.1) is 0 Å². The van der Waals surface area contributed by atoms with E-state index in [1.807, 2.05) is 0 Å². The van der Waals surface area contributed by atoms with Crippen molar-refractivity contribution in [2.24, 2.45) is 0 Å². The van der Waals surface area contributed by atoms with Crippen LogP contribution in [0.2, 0.25) is 0 Å². The lowest BCUT2D eigenvalue weighted by Crippen LogP contribution is -2.43. The minimum Gasteiger partial charge on any atom is -0.480 e. The molecule has 0 radical (unpaired) electrons. The van der Waals surface area contributed by atoms with E-state index in [0.29, 0.717) is 0 Å². The van der Waals surface area contributed by atoms with E-state index in [1.54, 1.807) is 0 Å². The largest absolute Gasteiger partial charge is 0.480 e. The average molecular weight is 246 g/mol. The predicted octanol–water partition coefficient (Wildman–Crippen LogP) is -0.505. The minimum absolute atomic E-state index is 0.0567. The van der Waals surface area contributed by atoms with Gasteiger partial charge in [0.25, 0.3) is 0 Å². The van der Waals surface area contributed by atoms with Crippen LogP contribution in [0.5, 0.6) is 0 Å². The Labute approximate surface area is 94.3 Å². The molecule has 4 N–H and O–H groups in total. The lowest BCUT2D eigenvalue weighted by molar-refractivity contribution is -0.139. The zero-order chi connectivity index (χ0) is 12.0. The quantitative estimate of drug-likeness (QED) is 0.555. The van der Waals surface area contributed by atoms with Crippen LogP contribution in [-0.2, 0) is 4.79 Å². The monoisotopic (exact) mass is 246 g/mol. The number of nitrogens with one attached hydrogen (secondary N) is 2. The smallest absolute Gasteiger partial charge is 0.326 e. The van der Waals surface area contributed by atoms with Crippen LogP contribution in [-0.4, -0.2) is 45.1 Å². The van der Waals surface area contributed by atoms with Crippen molar-refractivity contribution in [1.29, 1.82) is 0 Å². The van der Waals surface area contributed by atoms with E-state index in [0.717, 1.165) is 11.3 Å². The van der Waals surface area contributed by atoms with E-state index >= 15 is 0 Å². The Kier molecular flexibility index (Phi) is 4.61. The van der Waals surface area contributed by atoms with Crippen LogP contribution in [0.25, 0.3) is 0 Å². The first-order chi connectivity index (χ1) is 7.63. The highest BCUT2D eigenvalue weighted by Crippen LogP contribution is 2.07. The Balaban J connectivity index is 2.45. The van der Waals surface area contributed by atoms with Crippen LogP contribution in [0.4, 0.5) is 9.93 Å². The summed E-state index contributed by atoms with van der Waals surface area (Å²) in [6.07, 6.45) is -0.0567. The van der Waals surface area contributed by atoms with Crippen molar-refractivity contribution < 1.29 is 19.8 Å². The van der Waals surface area contributed by atoms with E-state index in [4.69, 9.17) is 10.2 Å². The molecule has 0 fully saturated rings. The Morgan fingerprint density at radius 1 is 1.56 bits per heavy atom. The van der Waals surface area contributed by atoms with Gasteiger partial charge in [-0.05, 0) is 0 Å². The maximum Gasteiger partial charge on any atom is 0.326 e. The molecule has 88 valence electrons. The Morgan fingerprint density at radius 3 is 2.81 bits per heavy atom. The van der Waals surface area contributed by atoms with E-state index in [2.05, 4.69) is 20.8 Å². The van der Waals surface area contributed by atoms with Crippen LogP contribution in [0, 0.1) is 0 Å². The molecule has 0 saturated carbocycles.